The van der Waals surface area contributed by atoms with E-state index in [0.717, 1.165) is 0 Å². The number of aliphatic hydroxyl groups excluding tert-OH is 2. The van der Waals surface area contributed by atoms with Crippen molar-refractivity contribution in [3.05, 3.63) is 0 Å². The Morgan fingerprint density at radius 1 is 1.27 bits per heavy atom. The van der Waals surface area contributed by atoms with Crippen LogP contribution in [0.3, 0.4) is 0 Å². The lowest BCUT2D eigenvalue weighted by Crippen LogP contribution is -2.44. The molecule has 0 aromatic carbocycles. The SMILES string of the molecule is C[C@@H](C[C@@H](O)CO)O[Si](C)(C)C(C)(C)C. The maximum absolute atomic E-state index is 9.31. The fourth-order valence-electron chi connectivity index (χ4n) is 1.19. The largest absolute Gasteiger partial charge is 0.414 e. The highest BCUT2D eigenvalue weighted by molar-refractivity contribution is 6.74. The fourth-order valence-corrected chi connectivity index (χ4v) is 2.64. The molecule has 15 heavy (non-hydrogen) atoms. The molecule has 0 unspecified atom stereocenters. The molecule has 0 bridgehead atoms. The first-order valence-electron chi connectivity index (χ1n) is 5.57. The van der Waals surface area contributed by atoms with Crippen molar-refractivity contribution < 1.29 is 14.6 Å². The van der Waals surface area contributed by atoms with E-state index in [1.54, 1.807) is 0 Å². The average molecular weight is 234 g/mol. The first kappa shape index (κ1) is 15.1. The molecule has 2 atom stereocenters. The molecule has 0 aliphatic rings. The summed E-state index contributed by atoms with van der Waals surface area (Å²) in [6.07, 6.45) is -0.152. The zero-order valence-electron chi connectivity index (χ0n) is 10.9. The Morgan fingerprint density at radius 2 is 1.73 bits per heavy atom. The van der Waals surface area contributed by atoms with Gasteiger partial charge in [-0.3, -0.25) is 0 Å². The van der Waals surface area contributed by atoms with Crippen molar-refractivity contribution in [2.24, 2.45) is 0 Å². The third kappa shape index (κ3) is 5.11. The summed E-state index contributed by atoms with van der Waals surface area (Å²) in [7, 11) is -1.74. The van der Waals surface area contributed by atoms with Crippen LogP contribution in [0, 0.1) is 0 Å². The summed E-state index contributed by atoms with van der Waals surface area (Å²) in [6, 6.07) is 0. The first-order valence-corrected chi connectivity index (χ1v) is 8.47. The zero-order chi connectivity index (χ0) is 12.3. The van der Waals surface area contributed by atoms with E-state index in [2.05, 4.69) is 33.9 Å². The summed E-state index contributed by atoms with van der Waals surface area (Å²) < 4.78 is 6.04. The van der Waals surface area contributed by atoms with E-state index in [1.807, 2.05) is 6.92 Å². The molecular formula is C11H26O3Si. The Balaban J connectivity index is 4.22. The van der Waals surface area contributed by atoms with Crippen molar-refractivity contribution in [1.82, 2.24) is 0 Å². The molecule has 0 aliphatic heterocycles. The predicted molar refractivity (Wildman–Crippen MR) is 65.5 cm³/mol. The molecule has 92 valence electrons. The Hall–Kier alpha value is 0.0969. The lowest BCUT2D eigenvalue weighted by Gasteiger charge is -2.38. The molecule has 0 heterocycles. The summed E-state index contributed by atoms with van der Waals surface area (Å²) in [5.41, 5.74) is 0. The summed E-state index contributed by atoms with van der Waals surface area (Å²) in [5, 5.41) is 18.2. The minimum absolute atomic E-state index is 0.00745. The van der Waals surface area contributed by atoms with Gasteiger partial charge in [0.25, 0.3) is 0 Å². The normalized spacial score (nSPS) is 17.6. The fraction of sp³-hybridized carbons (Fsp3) is 1.00. The third-order valence-electron chi connectivity index (χ3n) is 3.12. The highest BCUT2D eigenvalue weighted by Gasteiger charge is 2.38. The monoisotopic (exact) mass is 234 g/mol. The van der Waals surface area contributed by atoms with Crippen molar-refractivity contribution in [2.75, 3.05) is 6.61 Å². The van der Waals surface area contributed by atoms with E-state index >= 15 is 0 Å². The van der Waals surface area contributed by atoms with Crippen molar-refractivity contribution >= 4 is 8.32 Å². The molecule has 3 nitrogen and oxygen atoms in total. The highest BCUT2D eigenvalue weighted by Crippen LogP contribution is 2.37. The molecule has 4 heteroatoms. The first-order chi connectivity index (χ1) is 6.60. The van der Waals surface area contributed by atoms with Gasteiger partial charge in [-0.2, -0.15) is 0 Å². The van der Waals surface area contributed by atoms with Crippen LogP contribution in [-0.2, 0) is 4.43 Å². The lowest BCUT2D eigenvalue weighted by atomic mass is 10.2. The van der Waals surface area contributed by atoms with E-state index in [-0.39, 0.29) is 17.7 Å². The van der Waals surface area contributed by atoms with Crippen molar-refractivity contribution in [3.8, 4) is 0 Å². The van der Waals surface area contributed by atoms with Crippen LogP contribution in [0.15, 0.2) is 0 Å². The second-order valence-electron chi connectivity index (χ2n) is 5.76. The zero-order valence-corrected chi connectivity index (χ0v) is 11.9. The Morgan fingerprint density at radius 3 is 2.07 bits per heavy atom. The quantitative estimate of drug-likeness (QED) is 0.717. The second-order valence-corrected chi connectivity index (χ2v) is 10.5. The van der Waals surface area contributed by atoms with Gasteiger partial charge in [0.2, 0.25) is 0 Å². The summed E-state index contributed by atoms with van der Waals surface area (Å²) in [4.78, 5) is 0. The third-order valence-corrected chi connectivity index (χ3v) is 7.72. The molecule has 0 aromatic rings. The lowest BCUT2D eigenvalue weighted by molar-refractivity contribution is 0.0512. The van der Waals surface area contributed by atoms with E-state index in [0.29, 0.717) is 6.42 Å². The molecule has 0 fully saturated rings. The Bertz CT molecular complexity index is 187. The van der Waals surface area contributed by atoms with Crippen LogP contribution in [0.1, 0.15) is 34.1 Å². The van der Waals surface area contributed by atoms with Gasteiger partial charge in [0.1, 0.15) is 0 Å². The van der Waals surface area contributed by atoms with Gasteiger partial charge in [-0.1, -0.05) is 20.8 Å². The summed E-state index contributed by atoms with van der Waals surface area (Å²) in [6.45, 7) is 12.7. The van der Waals surface area contributed by atoms with Crippen LogP contribution in [0.4, 0.5) is 0 Å². The van der Waals surface area contributed by atoms with Crippen LogP contribution in [0.25, 0.3) is 0 Å². The van der Waals surface area contributed by atoms with Crippen LogP contribution in [0.5, 0.6) is 0 Å². The smallest absolute Gasteiger partial charge is 0.192 e. The van der Waals surface area contributed by atoms with E-state index in [4.69, 9.17) is 9.53 Å². The molecule has 0 aromatic heterocycles. The van der Waals surface area contributed by atoms with Gasteiger partial charge >= 0.3 is 0 Å². The average Bonchev–Trinajstić information content (AvgIpc) is 2.00. The van der Waals surface area contributed by atoms with E-state index < -0.39 is 14.4 Å². The minimum atomic E-state index is -1.74. The molecule has 0 saturated carbocycles. The van der Waals surface area contributed by atoms with Crippen molar-refractivity contribution in [3.63, 3.8) is 0 Å². The van der Waals surface area contributed by atoms with Crippen LogP contribution < -0.4 is 0 Å². The van der Waals surface area contributed by atoms with Crippen LogP contribution >= 0.6 is 0 Å². The number of hydrogen-bond acceptors (Lipinski definition) is 3. The van der Waals surface area contributed by atoms with Gasteiger partial charge in [-0.05, 0) is 25.1 Å². The van der Waals surface area contributed by atoms with Gasteiger partial charge in [0.05, 0.1) is 12.7 Å². The van der Waals surface area contributed by atoms with E-state index in [1.165, 1.54) is 0 Å². The van der Waals surface area contributed by atoms with E-state index in [9.17, 15) is 5.11 Å². The highest BCUT2D eigenvalue weighted by atomic mass is 28.4. The second kappa shape index (κ2) is 5.43. The molecule has 0 aliphatic carbocycles. The molecule has 0 saturated heterocycles. The van der Waals surface area contributed by atoms with Gasteiger partial charge in [-0.15, -0.1) is 0 Å². The minimum Gasteiger partial charge on any atom is -0.414 e. The molecule has 0 spiro atoms. The number of aliphatic hydroxyl groups is 2. The maximum atomic E-state index is 9.31. The number of rotatable bonds is 5. The molecule has 2 N–H and O–H groups in total. The molecule has 0 amide bonds. The molecule has 0 radical (unpaired) electrons. The Labute approximate surface area is 94.6 Å². The van der Waals surface area contributed by atoms with Gasteiger partial charge in [0.15, 0.2) is 8.32 Å². The maximum Gasteiger partial charge on any atom is 0.192 e. The summed E-state index contributed by atoms with van der Waals surface area (Å²) in [5.74, 6) is 0. The molecule has 0 rings (SSSR count). The summed E-state index contributed by atoms with van der Waals surface area (Å²) >= 11 is 0. The van der Waals surface area contributed by atoms with Gasteiger partial charge in [0, 0.05) is 12.5 Å². The van der Waals surface area contributed by atoms with Gasteiger partial charge < -0.3 is 14.6 Å². The van der Waals surface area contributed by atoms with Crippen molar-refractivity contribution in [2.45, 2.75) is 64.5 Å². The van der Waals surface area contributed by atoms with Crippen molar-refractivity contribution in [1.29, 1.82) is 0 Å². The number of hydrogen-bond donors (Lipinski definition) is 2. The molecular weight excluding hydrogens is 208 g/mol. The standard InChI is InChI=1S/C11H26O3Si/c1-9(7-10(13)8-12)14-15(5,6)11(2,3)4/h9-10,12-13H,7-8H2,1-6H3/t9-,10+/m0/s1. The van der Waals surface area contributed by atoms with Crippen LogP contribution in [-0.4, -0.2) is 37.3 Å². The topological polar surface area (TPSA) is 49.7 Å². The van der Waals surface area contributed by atoms with Crippen LogP contribution in [0.2, 0.25) is 18.1 Å². The van der Waals surface area contributed by atoms with Gasteiger partial charge in [-0.25, -0.2) is 0 Å². The Kier molecular flexibility index (Phi) is 5.47. The predicted octanol–water partition coefficient (Wildman–Crippen LogP) is 2.14.